The molecule has 1 atom stereocenters. The van der Waals surface area contributed by atoms with E-state index in [0.717, 1.165) is 12.5 Å². The first-order valence-electron chi connectivity index (χ1n) is 8.09. The van der Waals surface area contributed by atoms with Crippen LogP contribution in [0, 0.1) is 5.92 Å². The van der Waals surface area contributed by atoms with Crippen LogP contribution >= 0.6 is 22.7 Å². The Morgan fingerprint density at radius 3 is 2.70 bits per heavy atom. The third-order valence-corrected chi connectivity index (χ3v) is 6.63. The smallest absolute Gasteiger partial charge is 0.0454 e. The minimum absolute atomic E-state index is 0.595. The minimum Gasteiger partial charge on any atom is -0.309 e. The molecule has 2 aromatic heterocycles. The Hall–Kier alpha value is -0.380. The van der Waals surface area contributed by atoms with Crippen LogP contribution in [-0.2, 0) is 0 Å². The van der Waals surface area contributed by atoms with Crippen molar-refractivity contribution in [2.75, 3.05) is 6.54 Å². The Labute approximate surface area is 130 Å². The lowest BCUT2D eigenvalue weighted by Gasteiger charge is -2.26. The molecule has 0 amide bonds. The van der Waals surface area contributed by atoms with Gasteiger partial charge in [-0.1, -0.05) is 32.6 Å². The van der Waals surface area contributed by atoms with Crippen molar-refractivity contribution in [3.63, 3.8) is 0 Å². The van der Waals surface area contributed by atoms with E-state index in [-0.39, 0.29) is 0 Å². The highest BCUT2D eigenvalue weighted by Gasteiger charge is 2.25. The van der Waals surface area contributed by atoms with Crippen molar-refractivity contribution in [3.05, 3.63) is 22.4 Å². The third kappa shape index (κ3) is 3.26. The van der Waals surface area contributed by atoms with Crippen molar-refractivity contribution in [1.29, 1.82) is 0 Å². The molecule has 20 heavy (non-hydrogen) atoms. The third-order valence-electron chi connectivity index (χ3n) is 4.45. The zero-order chi connectivity index (χ0) is 13.8. The van der Waals surface area contributed by atoms with E-state index in [1.807, 2.05) is 22.7 Å². The Bertz CT molecular complexity index is 491. The van der Waals surface area contributed by atoms with Gasteiger partial charge in [-0.25, -0.2) is 0 Å². The highest BCUT2D eigenvalue weighted by Crippen LogP contribution is 2.39. The largest absolute Gasteiger partial charge is 0.309 e. The van der Waals surface area contributed by atoms with Gasteiger partial charge in [0, 0.05) is 20.3 Å². The molecule has 1 fully saturated rings. The van der Waals surface area contributed by atoms with E-state index in [1.54, 1.807) is 4.88 Å². The van der Waals surface area contributed by atoms with Crippen LogP contribution in [0.15, 0.2) is 17.5 Å². The lowest BCUT2D eigenvalue weighted by Crippen LogP contribution is -2.28. The summed E-state index contributed by atoms with van der Waals surface area (Å²) >= 11 is 3.89. The second-order valence-electron chi connectivity index (χ2n) is 5.98. The Kier molecular flexibility index (Phi) is 5.14. The van der Waals surface area contributed by atoms with E-state index < -0.39 is 0 Å². The van der Waals surface area contributed by atoms with Crippen LogP contribution in [-0.4, -0.2) is 6.54 Å². The normalized spacial score (nSPS) is 19.2. The Morgan fingerprint density at radius 1 is 1.20 bits per heavy atom. The SMILES string of the molecule is CCCNC(c1cc2sccc2s1)C1CCCCCC1. The van der Waals surface area contributed by atoms with Gasteiger partial charge in [-0.2, -0.15) is 0 Å². The van der Waals surface area contributed by atoms with Gasteiger partial charge < -0.3 is 5.32 Å². The fourth-order valence-electron chi connectivity index (χ4n) is 3.38. The highest BCUT2D eigenvalue weighted by molar-refractivity contribution is 7.26. The van der Waals surface area contributed by atoms with Gasteiger partial charge in [0.1, 0.15) is 0 Å². The van der Waals surface area contributed by atoms with Crippen LogP contribution in [0.3, 0.4) is 0 Å². The van der Waals surface area contributed by atoms with Gasteiger partial charge in [0.2, 0.25) is 0 Å². The molecule has 1 aliphatic carbocycles. The quantitative estimate of drug-likeness (QED) is 0.671. The molecule has 1 saturated carbocycles. The highest BCUT2D eigenvalue weighted by atomic mass is 32.1. The topological polar surface area (TPSA) is 12.0 Å². The molecule has 1 aliphatic rings. The molecule has 110 valence electrons. The van der Waals surface area contributed by atoms with E-state index in [4.69, 9.17) is 0 Å². The molecule has 0 spiro atoms. The summed E-state index contributed by atoms with van der Waals surface area (Å²) in [5.41, 5.74) is 0. The summed E-state index contributed by atoms with van der Waals surface area (Å²) in [5.74, 6) is 0.844. The van der Waals surface area contributed by atoms with Gasteiger partial charge in [-0.05, 0) is 49.2 Å². The molecule has 1 unspecified atom stereocenters. The fraction of sp³-hybridized carbons (Fsp3) is 0.647. The molecule has 2 aromatic rings. The zero-order valence-electron chi connectivity index (χ0n) is 12.4. The number of nitrogens with one attached hydrogen (secondary N) is 1. The Morgan fingerprint density at radius 2 is 2.00 bits per heavy atom. The van der Waals surface area contributed by atoms with Gasteiger partial charge in [-0.3, -0.25) is 0 Å². The summed E-state index contributed by atoms with van der Waals surface area (Å²) in [6, 6.07) is 5.32. The maximum Gasteiger partial charge on any atom is 0.0454 e. The number of fused-ring (bicyclic) bond motifs is 1. The maximum absolute atomic E-state index is 3.85. The molecule has 1 nitrogen and oxygen atoms in total. The summed E-state index contributed by atoms with van der Waals surface area (Å²) in [6.07, 6.45) is 9.78. The predicted octanol–water partition coefficient (Wildman–Crippen LogP) is 5.97. The molecule has 0 aliphatic heterocycles. The number of thiophene rings is 2. The van der Waals surface area contributed by atoms with Crippen LogP contribution in [0.2, 0.25) is 0 Å². The van der Waals surface area contributed by atoms with Crippen molar-refractivity contribution in [1.82, 2.24) is 5.32 Å². The molecule has 1 N–H and O–H groups in total. The molecule has 3 heteroatoms. The zero-order valence-corrected chi connectivity index (χ0v) is 14.0. The van der Waals surface area contributed by atoms with Crippen molar-refractivity contribution < 1.29 is 0 Å². The standard InChI is InChI=1S/C17H25NS2/c1-2-10-18-17(13-7-5-3-4-6-8-13)16-12-15-14(20-16)9-11-19-15/h9,11-13,17-18H,2-8,10H2,1H3. The second-order valence-corrected chi connectivity index (χ2v) is 8.04. The molecular weight excluding hydrogens is 282 g/mol. The van der Waals surface area contributed by atoms with Gasteiger partial charge in [0.25, 0.3) is 0 Å². The van der Waals surface area contributed by atoms with Gasteiger partial charge in [-0.15, -0.1) is 22.7 Å². The van der Waals surface area contributed by atoms with Crippen molar-refractivity contribution in [3.8, 4) is 0 Å². The van der Waals surface area contributed by atoms with Gasteiger partial charge in [0.05, 0.1) is 0 Å². The van der Waals surface area contributed by atoms with E-state index >= 15 is 0 Å². The summed E-state index contributed by atoms with van der Waals surface area (Å²) in [5, 5.41) is 6.06. The van der Waals surface area contributed by atoms with E-state index in [9.17, 15) is 0 Å². The van der Waals surface area contributed by atoms with Crippen LogP contribution in [0.25, 0.3) is 9.40 Å². The molecule has 3 rings (SSSR count). The van der Waals surface area contributed by atoms with Crippen molar-refractivity contribution >= 4 is 32.1 Å². The second kappa shape index (κ2) is 7.06. The molecule has 0 aromatic carbocycles. The first-order valence-corrected chi connectivity index (χ1v) is 9.78. The first-order chi connectivity index (χ1) is 9.88. The maximum atomic E-state index is 3.85. The van der Waals surface area contributed by atoms with Crippen molar-refractivity contribution in [2.24, 2.45) is 5.92 Å². The average molecular weight is 308 g/mol. The van der Waals surface area contributed by atoms with Gasteiger partial charge in [0.15, 0.2) is 0 Å². The summed E-state index contributed by atoms with van der Waals surface area (Å²) in [6.45, 7) is 3.41. The van der Waals surface area contributed by atoms with E-state index in [2.05, 4.69) is 29.8 Å². The predicted molar refractivity (Wildman–Crippen MR) is 91.9 cm³/mol. The summed E-state index contributed by atoms with van der Waals surface area (Å²) in [4.78, 5) is 1.58. The lowest BCUT2D eigenvalue weighted by molar-refractivity contribution is 0.330. The minimum atomic E-state index is 0.595. The lowest BCUT2D eigenvalue weighted by atomic mass is 9.90. The summed E-state index contributed by atoms with van der Waals surface area (Å²) < 4.78 is 2.95. The summed E-state index contributed by atoms with van der Waals surface area (Å²) in [7, 11) is 0. The molecule has 0 saturated heterocycles. The molecule has 0 radical (unpaired) electrons. The number of hydrogen-bond acceptors (Lipinski definition) is 3. The van der Waals surface area contributed by atoms with E-state index in [1.165, 1.54) is 54.3 Å². The monoisotopic (exact) mass is 307 g/mol. The van der Waals surface area contributed by atoms with Crippen LogP contribution in [0.1, 0.15) is 62.8 Å². The molecule has 2 heterocycles. The van der Waals surface area contributed by atoms with E-state index in [0.29, 0.717) is 6.04 Å². The van der Waals surface area contributed by atoms with Crippen LogP contribution < -0.4 is 5.32 Å². The Balaban J connectivity index is 1.82. The number of hydrogen-bond donors (Lipinski definition) is 1. The molecular formula is C17H25NS2. The fourth-order valence-corrected chi connectivity index (χ4v) is 5.67. The number of rotatable bonds is 5. The van der Waals surface area contributed by atoms with Gasteiger partial charge >= 0.3 is 0 Å². The average Bonchev–Trinajstić information content (AvgIpc) is 2.93. The molecule has 0 bridgehead atoms. The van der Waals surface area contributed by atoms with Crippen LogP contribution in [0.4, 0.5) is 0 Å². The first kappa shape index (κ1) is 14.6. The van der Waals surface area contributed by atoms with Crippen molar-refractivity contribution in [2.45, 2.75) is 57.9 Å². The van der Waals surface area contributed by atoms with Crippen LogP contribution in [0.5, 0.6) is 0 Å².